The van der Waals surface area contributed by atoms with E-state index >= 15 is 0 Å². The number of rotatable bonds is 1. The third-order valence-electron chi connectivity index (χ3n) is 2.27. The molecule has 1 aromatic rings. The highest BCUT2D eigenvalue weighted by molar-refractivity contribution is 6.36. The summed E-state index contributed by atoms with van der Waals surface area (Å²) in [5, 5.41) is 0. The molecule has 0 bridgehead atoms. The van der Waals surface area contributed by atoms with Crippen LogP contribution in [0.4, 0.5) is 0 Å². The summed E-state index contributed by atoms with van der Waals surface area (Å²) in [4.78, 5) is 10.0. The summed E-state index contributed by atoms with van der Waals surface area (Å²) < 4.78 is 0. The number of carbonyl (C=O) groups excluding carboxylic acids is 1. The van der Waals surface area contributed by atoms with Gasteiger partial charge in [-0.2, -0.15) is 0 Å². The molecule has 0 radical (unpaired) electrons. The zero-order valence-corrected chi connectivity index (χ0v) is 7.14. The van der Waals surface area contributed by atoms with Crippen molar-refractivity contribution in [1.82, 2.24) is 0 Å². The molecule has 0 aliphatic heterocycles. The highest BCUT2D eigenvalue weighted by Crippen LogP contribution is 2.44. The maximum Gasteiger partial charge on any atom is 0.243 e. The summed E-state index contributed by atoms with van der Waals surface area (Å²) in [6, 6.07) is 7.59. The van der Waals surface area contributed by atoms with E-state index in [1.807, 2.05) is 24.3 Å². The average Bonchev–Trinajstić information content (AvgIpc) is 2.02. The lowest BCUT2D eigenvalue weighted by atomic mass is 9.76. The lowest BCUT2D eigenvalue weighted by Crippen LogP contribution is -2.45. The van der Waals surface area contributed by atoms with Gasteiger partial charge in [0.2, 0.25) is 5.91 Å². The van der Waals surface area contributed by atoms with Crippen molar-refractivity contribution < 1.29 is 4.79 Å². The minimum Gasteiger partial charge on any atom is -0.368 e. The number of nitrogens with two attached hydrogens (primary N) is 1. The molecule has 0 spiro atoms. The molecule has 0 aromatic heterocycles. The monoisotopic (exact) mass is 181 g/mol. The molecule has 12 heavy (non-hydrogen) atoms. The Morgan fingerprint density at radius 3 is 2.75 bits per heavy atom. The Morgan fingerprint density at radius 1 is 1.50 bits per heavy atom. The van der Waals surface area contributed by atoms with Gasteiger partial charge < -0.3 is 5.73 Å². The van der Waals surface area contributed by atoms with Crippen LogP contribution >= 0.6 is 11.6 Å². The smallest absolute Gasteiger partial charge is 0.243 e. The Kier molecular flexibility index (Phi) is 1.42. The fraction of sp³-hybridized carbons (Fsp3) is 0.222. The van der Waals surface area contributed by atoms with Gasteiger partial charge in [-0.15, -0.1) is 11.6 Å². The summed E-state index contributed by atoms with van der Waals surface area (Å²) in [6.07, 6.45) is 0.556. The Hall–Kier alpha value is -1.02. The van der Waals surface area contributed by atoms with Gasteiger partial charge in [0.1, 0.15) is 0 Å². The normalized spacial score (nSPS) is 25.8. The van der Waals surface area contributed by atoms with Crippen molar-refractivity contribution in [2.75, 3.05) is 0 Å². The largest absolute Gasteiger partial charge is 0.368 e. The summed E-state index contributed by atoms with van der Waals surface area (Å²) in [7, 11) is 0. The number of amides is 1. The summed E-state index contributed by atoms with van der Waals surface area (Å²) in [6.45, 7) is 0. The standard InChI is InChI=1S/C9H8ClNO/c10-9(8(11)12)5-6-3-1-2-4-7(6)9/h1-4H,5H2,(H2,11,12). The fourth-order valence-electron chi connectivity index (χ4n) is 1.53. The van der Waals surface area contributed by atoms with Gasteiger partial charge in [-0.1, -0.05) is 24.3 Å². The van der Waals surface area contributed by atoms with Crippen LogP contribution in [0, 0.1) is 0 Å². The van der Waals surface area contributed by atoms with Crippen molar-refractivity contribution in [2.24, 2.45) is 5.73 Å². The van der Waals surface area contributed by atoms with Crippen LogP contribution in [0.2, 0.25) is 0 Å². The number of halogens is 1. The van der Waals surface area contributed by atoms with E-state index in [-0.39, 0.29) is 0 Å². The molecule has 1 atom stereocenters. The molecule has 0 fully saturated rings. The number of carbonyl (C=O) groups is 1. The van der Waals surface area contributed by atoms with E-state index < -0.39 is 10.8 Å². The van der Waals surface area contributed by atoms with Gasteiger partial charge in [-0.25, -0.2) is 0 Å². The zero-order valence-electron chi connectivity index (χ0n) is 6.38. The van der Waals surface area contributed by atoms with Crippen LogP contribution in [0.25, 0.3) is 0 Å². The van der Waals surface area contributed by atoms with E-state index in [9.17, 15) is 4.79 Å². The molecule has 1 amide bonds. The van der Waals surface area contributed by atoms with Crippen molar-refractivity contribution in [2.45, 2.75) is 11.3 Å². The molecular weight excluding hydrogens is 174 g/mol. The van der Waals surface area contributed by atoms with Gasteiger partial charge in [0.05, 0.1) is 0 Å². The quantitative estimate of drug-likeness (QED) is 0.650. The molecule has 2 nitrogen and oxygen atoms in total. The van der Waals surface area contributed by atoms with E-state index in [1.54, 1.807) is 0 Å². The molecule has 2 rings (SSSR count). The Bertz CT molecular complexity index is 350. The van der Waals surface area contributed by atoms with Crippen LogP contribution in [-0.2, 0) is 16.1 Å². The Balaban J connectivity index is 2.48. The fourth-order valence-corrected chi connectivity index (χ4v) is 1.86. The number of benzene rings is 1. The Labute approximate surface area is 75.3 Å². The van der Waals surface area contributed by atoms with Gasteiger partial charge in [-0.3, -0.25) is 4.79 Å². The van der Waals surface area contributed by atoms with E-state index in [1.165, 1.54) is 0 Å². The minimum atomic E-state index is -0.934. The van der Waals surface area contributed by atoms with E-state index in [4.69, 9.17) is 17.3 Å². The lowest BCUT2D eigenvalue weighted by molar-refractivity contribution is -0.121. The van der Waals surface area contributed by atoms with Crippen molar-refractivity contribution >= 4 is 17.5 Å². The number of alkyl halides is 1. The van der Waals surface area contributed by atoms with E-state index in [2.05, 4.69) is 0 Å². The third-order valence-corrected chi connectivity index (χ3v) is 2.79. The maximum absolute atomic E-state index is 11.0. The highest BCUT2D eigenvalue weighted by Gasteiger charge is 2.45. The molecule has 1 aromatic carbocycles. The SMILES string of the molecule is NC(=O)C1(Cl)Cc2ccccc21. The molecule has 0 saturated carbocycles. The van der Waals surface area contributed by atoms with Crippen LogP contribution in [0.1, 0.15) is 11.1 Å². The molecule has 1 aliphatic rings. The van der Waals surface area contributed by atoms with Gasteiger partial charge in [0, 0.05) is 6.42 Å². The topological polar surface area (TPSA) is 43.1 Å². The summed E-state index contributed by atoms with van der Waals surface area (Å²) in [5.41, 5.74) is 7.15. The van der Waals surface area contributed by atoms with Crippen LogP contribution in [0.5, 0.6) is 0 Å². The first-order valence-electron chi connectivity index (χ1n) is 3.72. The first-order valence-corrected chi connectivity index (χ1v) is 4.09. The van der Waals surface area contributed by atoms with E-state index in [0.29, 0.717) is 6.42 Å². The van der Waals surface area contributed by atoms with Crippen LogP contribution in [0.15, 0.2) is 24.3 Å². The predicted molar refractivity (Wildman–Crippen MR) is 46.9 cm³/mol. The van der Waals surface area contributed by atoms with Gasteiger partial charge in [0.15, 0.2) is 4.87 Å². The molecule has 2 N–H and O–H groups in total. The van der Waals surface area contributed by atoms with Crippen molar-refractivity contribution in [1.29, 1.82) is 0 Å². The minimum absolute atomic E-state index is 0.456. The van der Waals surface area contributed by atoms with Crippen LogP contribution in [0.3, 0.4) is 0 Å². The molecule has 1 aliphatic carbocycles. The maximum atomic E-state index is 11.0. The van der Waals surface area contributed by atoms with Crippen LogP contribution < -0.4 is 5.73 Å². The second-order valence-corrected chi connectivity index (χ2v) is 3.64. The van der Waals surface area contributed by atoms with Gasteiger partial charge in [0.25, 0.3) is 0 Å². The molecular formula is C9H8ClNO. The van der Waals surface area contributed by atoms with Gasteiger partial charge >= 0.3 is 0 Å². The van der Waals surface area contributed by atoms with Crippen molar-refractivity contribution in [3.63, 3.8) is 0 Å². The number of fused-ring (bicyclic) bond motifs is 1. The van der Waals surface area contributed by atoms with Crippen molar-refractivity contribution in [3.05, 3.63) is 35.4 Å². The van der Waals surface area contributed by atoms with E-state index in [0.717, 1.165) is 11.1 Å². The summed E-state index contributed by atoms with van der Waals surface area (Å²) in [5.74, 6) is -0.456. The second kappa shape index (κ2) is 2.23. The highest BCUT2D eigenvalue weighted by atomic mass is 35.5. The van der Waals surface area contributed by atoms with Crippen molar-refractivity contribution in [3.8, 4) is 0 Å². The molecule has 62 valence electrons. The predicted octanol–water partition coefficient (Wildman–Crippen LogP) is 1.16. The lowest BCUT2D eigenvalue weighted by Gasteiger charge is -2.35. The first-order chi connectivity index (χ1) is 5.64. The molecule has 1 unspecified atom stereocenters. The molecule has 0 saturated heterocycles. The first kappa shape index (κ1) is 7.62. The summed E-state index contributed by atoms with van der Waals surface area (Å²) >= 11 is 6.00. The van der Waals surface area contributed by atoms with Gasteiger partial charge in [-0.05, 0) is 11.1 Å². The average molecular weight is 182 g/mol. The molecule has 3 heteroatoms. The second-order valence-electron chi connectivity index (χ2n) is 3.00. The Morgan fingerprint density at radius 2 is 2.17 bits per heavy atom. The third kappa shape index (κ3) is 0.786. The number of primary amides is 1. The number of hydrogen-bond acceptors (Lipinski definition) is 1. The zero-order chi connectivity index (χ0) is 8.77. The number of hydrogen-bond donors (Lipinski definition) is 1. The molecule has 0 heterocycles. The van der Waals surface area contributed by atoms with Crippen LogP contribution in [-0.4, -0.2) is 5.91 Å².